The average Bonchev–Trinajstić information content (AvgIpc) is 1.99. The molecule has 0 spiro atoms. The summed E-state index contributed by atoms with van der Waals surface area (Å²) in [6.07, 6.45) is -3.94. The number of nitriles is 1. The molecule has 0 aromatic rings. The van der Waals surface area contributed by atoms with Crippen LogP contribution in [0.25, 0.3) is 0 Å². The molecule has 1 aliphatic carbocycles. The van der Waals surface area contributed by atoms with E-state index in [9.17, 15) is 13.2 Å². The SMILES string of the molecule is N#CC(CNC1CC(O)C1)C(F)(F)F. The first kappa shape index (κ1) is 11.3. The number of rotatable bonds is 3. The summed E-state index contributed by atoms with van der Waals surface area (Å²) < 4.78 is 36.2. The first-order chi connectivity index (χ1) is 6.43. The normalized spacial score (nSPS) is 29.1. The molecule has 0 bridgehead atoms. The van der Waals surface area contributed by atoms with Gasteiger partial charge in [0.05, 0.1) is 12.2 Å². The molecule has 1 rings (SSSR count). The lowest BCUT2D eigenvalue weighted by Gasteiger charge is -2.32. The minimum atomic E-state index is -4.47. The largest absolute Gasteiger partial charge is 0.405 e. The maximum Gasteiger partial charge on any atom is 0.405 e. The van der Waals surface area contributed by atoms with E-state index in [0.717, 1.165) is 0 Å². The molecule has 0 saturated heterocycles. The van der Waals surface area contributed by atoms with Crippen molar-refractivity contribution in [3.8, 4) is 6.07 Å². The van der Waals surface area contributed by atoms with Gasteiger partial charge >= 0.3 is 6.18 Å². The number of aliphatic hydroxyl groups excluding tert-OH is 1. The molecule has 1 fully saturated rings. The molecular formula is C8H11F3N2O. The van der Waals surface area contributed by atoms with Crippen molar-refractivity contribution in [3.63, 3.8) is 0 Å². The Morgan fingerprint density at radius 1 is 1.50 bits per heavy atom. The predicted octanol–water partition coefficient (Wildman–Crippen LogP) is 0.801. The van der Waals surface area contributed by atoms with Gasteiger partial charge in [0.15, 0.2) is 5.92 Å². The molecule has 1 saturated carbocycles. The number of halogens is 3. The summed E-state index contributed by atoms with van der Waals surface area (Å²) in [6.45, 7) is -0.391. The van der Waals surface area contributed by atoms with E-state index in [1.165, 1.54) is 6.07 Å². The Balaban J connectivity index is 2.26. The van der Waals surface area contributed by atoms with Crippen LogP contribution in [0.2, 0.25) is 0 Å². The maximum atomic E-state index is 12.1. The summed E-state index contributed by atoms with van der Waals surface area (Å²) in [5.41, 5.74) is 0. The van der Waals surface area contributed by atoms with E-state index < -0.39 is 24.7 Å². The van der Waals surface area contributed by atoms with E-state index in [1.807, 2.05) is 0 Å². The first-order valence-electron chi connectivity index (χ1n) is 4.31. The van der Waals surface area contributed by atoms with E-state index in [0.29, 0.717) is 12.8 Å². The number of aliphatic hydroxyl groups is 1. The van der Waals surface area contributed by atoms with Crippen molar-refractivity contribution in [2.24, 2.45) is 5.92 Å². The quantitative estimate of drug-likeness (QED) is 0.721. The smallest absolute Gasteiger partial charge is 0.393 e. The number of hydrogen-bond donors (Lipinski definition) is 2. The summed E-state index contributed by atoms with van der Waals surface area (Å²) >= 11 is 0. The first-order valence-corrected chi connectivity index (χ1v) is 4.31. The second-order valence-electron chi connectivity index (χ2n) is 3.45. The molecule has 6 heteroatoms. The number of nitrogens with one attached hydrogen (secondary N) is 1. The van der Waals surface area contributed by atoms with Crippen molar-refractivity contribution in [1.29, 1.82) is 5.26 Å². The molecule has 0 amide bonds. The zero-order valence-electron chi connectivity index (χ0n) is 7.38. The standard InChI is InChI=1S/C8H11F3N2O/c9-8(10,11)5(3-12)4-13-6-1-7(14)2-6/h5-7,13-14H,1-2,4H2. The van der Waals surface area contributed by atoms with Gasteiger partial charge in [-0.25, -0.2) is 0 Å². The monoisotopic (exact) mass is 208 g/mol. The van der Waals surface area contributed by atoms with Crippen LogP contribution in [0.1, 0.15) is 12.8 Å². The van der Waals surface area contributed by atoms with E-state index in [4.69, 9.17) is 10.4 Å². The van der Waals surface area contributed by atoms with Crippen molar-refractivity contribution in [1.82, 2.24) is 5.32 Å². The summed E-state index contributed by atoms with van der Waals surface area (Å²) in [7, 11) is 0. The Bertz CT molecular complexity index is 230. The minimum Gasteiger partial charge on any atom is -0.393 e. The highest BCUT2D eigenvalue weighted by atomic mass is 19.4. The van der Waals surface area contributed by atoms with Gasteiger partial charge in [-0.05, 0) is 12.8 Å². The van der Waals surface area contributed by atoms with Crippen molar-refractivity contribution >= 4 is 0 Å². The van der Waals surface area contributed by atoms with Gasteiger partial charge in [-0.1, -0.05) is 0 Å². The van der Waals surface area contributed by atoms with Crippen LogP contribution in [0, 0.1) is 17.2 Å². The molecule has 0 aliphatic heterocycles. The van der Waals surface area contributed by atoms with Crippen LogP contribution in [-0.4, -0.2) is 30.0 Å². The van der Waals surface area contributed by atoms with Crippen LogP contribution in [0.4, 0.5) is 13.2 Å². The van der Waals surface area contributed by atoms with Crippen LogP contribution in [0.15, 0.2) is 0 Å². The minimum absolute atomic E-state index is 0.0804. The molecule has 1 aliphatic rings. The topological polar surface area (TPSA) is 56.0 Å². The highest BCUT2D eigenvalue weighted by Gasteiger charge is 2.40. The van der Waals surface area contributed by atoms with E-state index in [2.05, 4.69) is 5.32 Å². The van der Waals surface area contributed by atoms with Crippen molar-refractivity contribution in [2.75, 3.05) is 6.54 Å². The van der Waals surface area contributed by atoms with Gasteiger partial charge in [-0.2, -0.15) is 18.4 Å². The van der Waals surface area contributed by atoms with Gasteiger partial charge in [0, 0.05) is 12.6 Å². The van der Waals surface area contributed by atoms with Crippen molar-refractivity contribution < 1.29 is 18.3 Å². The zero-order chi connectivity index (χ0) is 10.8. The molecule has 14 heavy (non-hydrogen) atoms. The van der Waals surface area contributed by atoms with E-state index in [1.54, 1.807) is 0 Å². The summed E-state index contributed by atoms with van der Waals surface area (Å²) in [5.74, 6) is -1.96. The van der Waals surface area contributed by atoms with Gasteiger partial charge in [-0.15, -0.1) is 0 Å². The molecule has 1 unspecified atom stereocenters. The lowest BCUT2D eigenvalue weighted by atomic mass is 9.89. The van der Waals surface area contributed by atoms with E-state index in [-0.39, 0.29) is 6.04 Å². The summed E-state index contributed by atoms with van der Waals surface area (Å²) in [4.78, 5) is 0. The Kier molecular flexibility index (Phi) is 3.34. The molecule has 3 nitrogen and oxygen atoms in total. The van der Waals surface area contributed by atoms with Gasteiger partial charge in [-0.3, -0.25) is 0 Å². The zero-order valence-corrected chi connectivity index (χ0v) is 7.38. The second kappa shape index (κ2) is 4.15. The highest BCUT2D eigenvalue weighted by Crippen LogP contribution is 2.26. The van der Waals surface area contributed by atoms with Gasteiger partial charge in [0.2, 0.25) is 0 Å². The molecular weight excluding hydrogens is 197 g/mol. The van der Waals surface area contributed by atoms with Gasteiger partial charge in [0.1, 0.15) is 0 Å². The molecule has 80 valence electrons. The fourth-order valence-electron chi connectivity index (χ4n) is 1.27. The molecule has 0 aromatic carbocycles. The summed E-state index contributed by atoms with van der Waals surface area (Å²) in [5, 5.41) is 19.7. The highest BCUT2D eigenvalue weighted by molar-refractivity contribution is 4.93. The second-order valence-corrected chi connectivity index (χ2v) is 3.45. The van der Waals surface area contributed by atoms with Crippen LogP contribution in [-0.2, 0) is 0 Å². The molecule has 1 atom stereocenters. The Morgan fingerprint density at radius 2 is 2.07 bits per heavy atom. The third-order valence-electron chi connectivity index (χ3n) is 2.27. The third kappa shape index (κ3) is 2.86. The number of alkyl halides is 3. The van der Waals surface area contributed by atoms with Crippen LogP contribution >= 0.6 is 0 Å². The lowest BCUT2D eigenvalue weighted by molar-refractivity contribution is -0.158. The molecule has 0 heterocycles. The van der Waals surface area contributed by atoms with Crippen molar-refractivity contribution in [3.05, 3.63) is 0 Å². The van der Waals surface area contributed by atoms with Crippen molar-refractivity contribution in [2.45, 2.75) is 31.2 Å². The fourth-order valence-corrected chi connectivity index (χ4v) is 1.27. The molecule has 0 radical (unpaired) electrons. The lowest BCUT2D eigenvalue weighted by Crippen LogP contribution is -2.47. The van der Waals surface area contributed by atoms with Crippen LogP contribution in [0.3, 0.4) is 0 Å². The maximum absolute atomic E-state index is 12.1. The van der Waals surface area contributed by atoms with Gasteiger partial charge < -0.3 is 10.4 Å². The molecule has 2 N–H and O–H groups in total. The fraction of sp³-hybridized carbons (Fsp3) is 0.875. The van der Waals surface area contributed by atoms with Gasteiger partial charge in [0.25, 0.3) is 0 Å². The predicted molar refractivity (Wildman–Crippen MR) is 42.2 cm³/mol. The molecule has 0 aromatic heterocycles. The summed E-state index contributed by atoms with van der Waals surface area (Å²) in [6, 6.07) is 1.13. The van der Waals surface area contributed by atoms with Crippen LogP contribution in [0.5, 0.6) is 0 Å². The Morgan fingerprint density at radius 3 is 2.43 bits per heavy atom. The Hall–Kier alpha value is -0.800. The number of nitrogens with zero attached hydrogens (tertiary/aromatic N) is 1. The van der Waals surface area contributed by atoms with Crippen LogP contribution < -0.4 is 5.32 Å². The van der Waals surface area contributed by atoms with E-state index >= 15 is 0 Å². The Labute approximate surface area is 79.5 Å². The number of hydrogen-bond acceptors (Lipinski definition) is 3. The third-order valence-corrected chi connectivity index (χ3v) is 2.27. The average molecular weight is 208 g/mol.